The van der Waals surface area contributed by atoms with Gasteiger partial charge in [-0.15, -0.1) is 0 Å². The van der Waals surface area contributed by atoms with Crippen molar-refractivity contribution in [2.45, 2.75) is 103 Å². The van der Waals surface area contributed by atoms with Crippen LogP contribution in [0.15, 0.2) is 0 Å². The van der Waals surface area contributed by atoms with Crippen molar-refractivity contribution >= 4 is 16.6 Å². The molecule has 0 saturated carbocycles. The third-order valence-electron chi connectivity index (χ3n) is 6.07. The van der Waals surface area contributed by atoms with E-state index >= 15 is 0 Å². The zero-order chi connectivity index (χ0) is 18.3. The summed E-state index contributed by atoms with van der Waals surface area (Å²) in [5.41, 5.74) is 6.37. The Balaban J connectivity index is 6.18. The standard InChI is InChI=1S/C18H36N2OSi2/c1-9-15(5)22(13-19,16(6)10-2)21-23(14-20,17(7)11-3)18(8)12-4/h15-18H,9-12H2,1-8H3. The second-order valence-corrected chi connectivity index (χ2v) is 15.5. The minimum absolute atomic E-state index is 0.260. The van der Waals surface area contributed by atoms with Crippen LogP contribution < -0.4 is 0 Å². The van der Waals surface area contributed by atoms with Crippen LogP contribution in [0.25, 0.3) is 0 Å². The average Bonchev–Trinajstić information content (AvgIpc) is 2.60. The van der Waals surface area contributed by atoms with E-state index in [4.69, 9.17) is 4.12 Å². The monoisotopic (exact) mass is 352 g/mol. The third kappa shape index (κ3) is 4.26. The topological polar surface area (TPSA) is 56.8 Å². The smallest absolute Gasteiger partial charge is 0.302 e. The van der Waals surface area contributed by atoms with E-state index in [1.807, 2.05) is 0 Å². The Kier molecular flexibility index (Phi) is 9.35. The Morgan fingerprint density at radius 2 is 0.870 bits per heavy atom. The molecule has 23 heavy (non-hydrogen) atoms. The largest absolute Gasteiger partial charge is 0.434 e. The SMILES string of the molecule is CCC(C)[Si](C#N)(O[Si](C#N)(C(C)CC)C(C)CC)C(C)CC. The normalized spacial score (nSPS) is 21.8. The molecule has 0 aliphatic heterocycles. The molecule has 132 valence electrons. The van der Waals surface area contributed by atoms with Crippen molar-refractivity contribution in [1.29, 1.82) is 10.5 Å². The molecule has 0 N–H and O–H groups in total. The van der Waals surface area contributed by atoms with Crippen LogP contribution >= 0.6 is 0 Å². The van der Waals surface area contributed by atoms with Gasteiger partial charge in [0.15, 0.2) is 0 Å². The first-order chi connectivity index (χ1) is 10.8. The summed E-state index contributed by atoms with van der Waals surface area (Å²) in [6.07, 6.45) is 3.78. The predicted octanol–water partition coefficient (Wildman–Crippen LogP) is 6.22. The Hall–Kier alpha value is -0.626. The molecule has 0 aliphatic rings. The number of hydrogen-bond donors (Lipinski definition) is 0. The Morgan fingerprint density at radius 1 is 0.652 bits per heavy atom. The van der Waals surface area contributed by atoms with Crippen molar-refractivity contribution in [3.8, 4) is 11.4 Å². The van der Waals surface area contributed by atoms with Crippen LogP contribution in [-0.2, 0) is 4.12 Å². The van der Waals surface area contributed by atoms with Gasteiger partial charge in [-0.05, 0) is 22.2 Å². The Morgan fingerprint density at radius 3 is 1.00 bits per heavy atom. The molecule has 0 aromatic rings. The van der Waals surface area contributed by atoms with Gasteiger partial charge in [0.25, 0.3) is 0 Å². The third-order valence-corrected chi connectivity index (χ3v) is 17.0. The highest BCUT2D eigenvalue weighted by Crippen LogP contribution is 2.46. The maximum Gasteiger partial charge on any atom is 0.302 e. The summed E-state index contributed by atoms with van der Waals surface area (Å²) < 4.78 is 6.89. The van der Waals surface area contributed by atoms with Crippen LogP contribution in [0, 0.1) is 21.9 Å². The molecule has 0 spiro atoms. The van der Waals surface area contributed by atoms with Gasteiger partial charge < -0.3 is 4.12 Å². The molecule has 4 atom stereocenters. The van der Waals surface area contributed by atoms with Gasteiger partial charge >= 0.3 is 16.6 Å². The van der Waals surface area contributed by atoms with Crippen LogP contribution in [0.2, 0.25) is 22.2 Å². The maximum atomic E-state index is 10.1. The zero-order valence-electron chi connectivity index (χ0n) is 16.4. The fourth-order valence-corrected chi connectivity index (χ4v) is 14.4. The first kappa shape index (κ1) is 22.4. The predicted molar refractivity (Wildman–Crippen MR) is 103 cm³/mol. The summed E-state index contributed by atoms with van der Waals surface area (Å²) in [5, 5.41) is 20.3. The first-order valence-electron chi connectivity index (χ1n) is 9.28. The van der Waals surface area contributed by atoms with Gasteiger partial charge in [0.1, 0.15) is 0 Å². The van der Waals surface area contributed by atoms with Crippen LogP contribution in [-0.4, -0.2) is 16.6 Å². The van der Waals surface area contributed by atoms with E-state index in [9.17, 15) is 10.5 Å². The lowest BCUT2D eigenvalue weighted by molar-refractivity contribution is 0.456. The van der Waals surface area contributed by atoms with Gasteiger partial charge in [-0.2, -0.15) is 0 Å². The van der Waals surface area contributed by atoms with Gasteiger partial charge in [0, 0.05) is 0 Å². The van der Waals surface area contributed by atoms with Crippen molar-refractivity contribution in [3.63, 3.8) is 0 Å². The molecule has 0 fully saturated rings. The fourth-order valence-electron chi connectivity index (χ4n) is 3.35. The highest BCUT2D eigenvalue weighted by Gasteiger charge is 2.56. The second kappa shape index (κ2) is 9.62. The molecular formula is C18H36N2OSi2. The molecule has 5 heteroatoms. The van der Waals surface area contributed by atoms with Crippen molar-refractivity contribution in [3.05, 3.63) is 0 Å². The van der Waals surface area contributed by atoms with E-state index in [2.05, 4.69) is 66.8 Å². The zero-order valence-corrected chi connectivity index (χ0v) is 18.4. The number of hydrogen-bond acceptors (Lipinski definition) is 3. The van der Waals surface area contributed by atoms with Gasteiger partial charge in [0.2, 0.25) is 0 Å². The lowest BCUT2D eigenvalue weighted by atomic mass is 10.3. The van der Waals surface area contributed by atoms with Crippen LogP contribution in [0.1, 0.15) is 81.1 Å². The van der Waals surface area contributed by atoms with Crippen molar-refractivity contribution in [1.82, 2.24) is 0 Å². The van der Waals surface area contributed by atoms with E-state index in [0.717, 1.165) is 25.7 Å². The maximum absolute atomic E-state index is 10.1. The molecule has 0 aliphatic carbocycles. The summed E-state index contributed by atoms with van der Waals surface area (Å²) in [7, 11) is -5.29. The summed E-state index contributed by atoms with van der Waals surface area (Å²) >= 11 is 0. The molecule has 0 rings (SSSR count). The Labute approximate surface area is 146 Å². The van der Waals surface area contributed by atoms with Gasteiger partial charge in [-0.25, -0.2) is 10.5 Å². The van der Waals surface area contributed by atoms with Crippen LogP contribution in [0.3, 0.4) is 0 Å². The molecule has 0 bridgehead atoms. The molecule has 0 amide bonds. The fraction of sp³-hybridized carbons (Fsp3) is 0.889. The van der Waals surface area contributed by atoms with E-state index in [1.54, 1.807) is 0 Å². The molecule has 0 saturated heterocycles. The van der Waals surface area contributed by atoms with E-state index in [-0.39, 0.29) is 22.2 Å². The molecule has 0 aromatic heterocycles. The number of rotatable bonds is 10. The minimum atomic E-state index is -2.65. The van der Waals surface area contributed by atoms with E-state index in [1.165, 1.54) is 0 Å². The molecular weight excluding hydrogens is 316 g/mol. The minimum Gasteiger partial charge on any atom is -0.434 e. The van der Waals surface area contributed by atoms with Gasteiger partial charge in [0.05, 0.1) is 11.4 Å². The highest BCUT2D eigenvalue weighted by atomic mass is 28.4. The summed E-state index contributed by atoms with van der Waals surface area (Å²) in [6.45, 7) is 17.2. The molecule has 0 aromatic carbocycles. The van der Waals surface area contributed by atoms with Crippen molar-refractivity contribution in [2.75, 3.05) is 0 Å². The lowest BCUT2D eigenvalue weighted by Crippen LogP contribution is -2.58. The second-order valence-electron chi connectivity index (χ2n) is 7.15. The van der Waals surface area contributed by atoms with Gasteiger partial charge in [-0.3, -0.25) is 0 Å². The number of nitriles is 2. The van der Waals surface area contributed by atoms with Gasteiger partial charge in [-0.1, -0.05) is 81.1 Å². The van der Waals surface area contributed by atoms with Crippen molar-refractivity contribution in [2.24, 2.45) is 0 Å². The Bertz CT molecular complexity index is 381. The summed E-state index contributed by atoms with van der Waals surface area (Å²) in [4.78, 5) is 0. The molecule has 0 radical (unpaired) electrons. The first-order valence-corrected chi connectivity index (χ1v) is 13.4. The number of nitrogens with zero attached hydrogens (tertiary/aromatic N) is 2. The summed E-state index contributed by atoms with van der Waals surface area (Å²) in [5.74, 6) is 0. The summed E-state index contributed by atoms with van der Waals surface area (Å²) in [6, 6.07) is 0. The van der Waals surface area contributed by atoms with Crippen molar-refractivity contribution < 1.29 is 4.12 Å². The van der Waals surface area contributed by atoms with Crippen LogP contribution in [0.4, 0.5) is 0 Å². The quantitative estimate of drug-likeness (QED) is 0.438. The van der Waals surface area contributed by atoms with Crippen LogP contribution in [0.5, 0.6) is 0 Å². The highest BCUT2D eigenvalue weighted by molar-refractivity contribution is 6.96. The molecule has 4 unspecified atom stereocenters. The molecule has 0 heterocycles. The van der Waals surface area contributed by atoms with E-state index < -0.39 is 16.6 Å². The lowest BCUT2D eigenvalue weighted by Gasteiger charge is -2.44. The average molecular weight is 353 g/mol. The van der Waals surface area contributed by atoms with E-state index in [0.29, 0.717) is 0 Å². The molecule has 3 nitrogen and oxygen atoms in total.